The van der Waals surface area contributed by atoms with Crippen molar-refractivity contribution in [1.82, 2.24) is 14.9 Å². The van der Waals surface area contributed by atoms with Gasteiger partial charge in [-0.1, -0.05) is 0 Å². The van der Waals surface area contributed by atoms with Crippen molar-refractivity contribution in [3.8, 4) is 0 Å². The Balaban J connectivity index is 2.18. The van der Waals surface area contributed by atoms with Gasteiger partial charge in [-0.15, -0.1) is 11.3 Å². The third kappa shape index (κ3) is 1.94. The summed E-state index contributed by atoms with van der Waals surface area (Å²) in [7, 11) is 0. The van der Waals surface area contributed by atoms with Crippen LogP contribution in [0, 0.1) is 0 Å². The van der Waals surface area contributed by atoms with E-state index in [0.29, 0.717) is 29.0 Å². The highest BCUT2D eigenvalue weighted by Gasteiger charge is 2.43. The lowest BCUT2D eigenvalue weighted by Gasteiger charge is -2.31. The van der Waals surface area contributed by atoms with Gasteiger partial charge in [-0.3, -0.25) is 9.69 Å². The quantitative estimate of drug-likeness (QED) is 0.821. The van der Waals surface area contributed by atoms with Crippen LogP contribution in [-0.4, -0.2) is 32.6 Å². The average molecular weight is 358 g/mol. The number of aromatic nitrogens is 2. The number of amides is 1. The minimum atomic E-state index is -0.987. The number of rotatable bonds is 1. The van der Waals surface area contributed by atoms with Crippen LogP contribution in [0.4, 0.5) is 4.79 Å². The Morgan fingerprint density at radius 3 is 3.10 bits per heavy atom. The minimum Gasteiger partial charge on any atom is -0.465 e. The number of halogens is 1. The van der Waals surface area contributed by atoms with E-state index in [2.05, 4.69) is 25.9 Å². The predicted molar refractivity (Wildman–Crippen MR) is 79.3 cm³/mol. The molecule has 1 aliphatic rings. The van der Waals surface area contributed by atoms with Gasteiger partial charge in [-0.05, 0) is 41.8 Å². The maximum atomic E-state index is 12.1. The highest BCUT2D eigenvalue weighted by atomic mass is 79.9. The molecule has 0 bridgehead atoms. The summed E-state index contributed by atoms with van der Waals surface area (Å²) in [4.78, 5) is 32.0. The molecule has 2 N–H and O–H groups in total. The number of carbonyl (C=O) groups is 1. The molecule has 3 heterocycles. The zero-order valence-electron chi connectivity index (χ0n) is 10.6. The van der Waals surface area contributed by atoms with Crippen LogP contribution in [0.5, 0.6) is 0 Å². The van der Waals surface area contributed by atoms with E-state index in [9.17, 15) is 14.7 Å². The van der Waals surface area contributed by atoms with Crippen molar-refractivity contribution < 1.29 is 9.90 Å². The number of hydrogen-bond acceptors (Lipinski definition) is 4. The lowest BCUT2D eigenvalue weighted by molar-refractivity contribution is 0.105. The van der Waals surface area contributed by atoms with Crippen molar-refractivity contribution >= 4 is 43.6 Å². The number of likely N-dealkylation sites (tertiary alicyclic amines) is 1. The van der Waals surface area contributed by atoms with Gasteiger partial charge in [0.15, 0.2) is 0 Å². The van der Waals surface area contributed by atoms with Crippen molar-refractivity contribution in [2.45, 2.75) is 25.3 Å². The fourth-order valence-electron chi connectivity index (χ4n) is 2.68. The van der Waals surface area contributed by atoms with Gasteiger partial charge in [-0.25, -0.2) is 9.78 Å². The Bertz CT molecular complexity index is 756. The van der Waals surface area contributed by atoms with E-state index in [0.717, 1.165) is 10.2 Å². The number of aromatic amines is 1. The summed E-state index contributed by atoms with van der Waals surface area (Å²) in [6.45, 7) is 2.26. The first-order valence-electron chi connectivity index (χ1n) is 6.12. The molecule has 0 aromatic carbocycles. The first-order chi connectivity index (χ1) is 9.41. The third-order valence-corrected chi connectivity index (χ3v) is 5.36. The van der Waals surface area contributed by atoms with Crippen LogP contribution in [-0.2, 0) is 5.54 Å². The van der Waals surface area contributed by atoms with E-state index >= 15 is 0 Å². The van der Waals surface area contributed by atoms with Gasteiger partial charge in [0, 0.05) is 6.54 Å². The van der Waals surface area contributed by atoms with Crippen LogP contribution >= 0.6 is 27.3 Å². The van der Waals surface area contributed by atoms with Gasteiger partial charge in [-0.2, -0.15) is 0 Å². The van der Waals surface area contributed by atoms with Crippen LogP contribution < -0.4 is 5.56 Å². The molecule has 6 nitrogen and oxygen atoms in total. The topological polar surface area (TPSA) is 86.3 Å². The van der Waals surface area contributed by atoms with Crippen LogP contribution in [0.2, 0.25) is 0 Å². The molecule has 1 atom stereocenters. The predicted octanol–water partition coefficient (Wildman–Crippen LogP) is 2.74. The highest BCUT2D eigenvalue weighted by molar-refractivity contribution is 9.11. The summed E-state index contributed by atoms with van der Waals surface area (Å²) >= 11 is 4.65. The smallest absolute Gasteiger partial charge is 0.408 e. The zero-order valence-corrected chi connectivity index (χ0v) is 13.0. The lowest BCUT2D eigenvalue weighted by atomic mass is 9.98. The summed E-state index contributed by atoms with van der Waals surface area (Å²) in [5, 5.41) is 9.30. The van der Waals surface area contributed by atoms with E-state index in [-0.39, 0.29) is 5.56 Å². The molecule has 20 heavy (non-hydrogen) atoms. The molecule has 1 saturated heterocycles. The van der Waals surface area contributed by atoms with Crippen molar-refractivity contribution in [3.05, 3.63) is 26.0 Å². The maximum absolute atomic E-state index is 12.1. The Morgan fingerprint density at radius 1 is 1.65 bits per heavy atom. The number of hydrogen-bond donors (Lipinski definition) is 2. The Kier molecular flexibility index (Phi) is 3.09. The van der Waals surface area contributed by atoms with Crippen LogP contribution in [0.25, 0.3) is 10.2 Å². The van der Waals surface area contributed by atoms with Crippen LogP contribution in [0.1, 0.15) is 25.6 Å². The maximum Gasteiger partial charge on any atom is 0.408 e. The molecule has 0 radical (unpaired) electrons. The second-order valence-corrected chi connectivity index (χ2v) is 7.42. The average Bonchev–Trinajstić information content (AvgIpc) is 2.92. The molecule has 0 saturated carbocycles. The van der Waals surface area contributed by atoms with E-state index in [4.69, 9.17) is 0 Å². The van der Waals surface area contributed by atoms with E-state index in [1.165, 1.54) is 16.2 Å². The molecule has 8 heteroatoms. The lowest BCUT2D eigenvalue weighted by Crippen LogP contribution is -2.44. The van der Waals surface area contributed by atoms with Crippen LogP contribution in [0.15, 0.2) is 14.6 Å². The van der Waals surface area contributed by atoms with Crippen LogP contribution in [0.3, 0.4) is 0 Å². The summed E-state index contributed by atoms with van der Waals surface area (Å²) in [5.41, 5.74) is -0.397. The fraction of sp³-hybridized carbons (Fsp3) is 0.417. The molecular formula is C12H12BrN3O3S. The SMILES string of the molecule is C[C@@]1(c2nc3cc(Br)sc3c(=O)[nH]2)CCCN1C(=O)O. The van der Waals surface area contributed by atoms with Gasteiger partial charge >= 0.3 is 6.09 Å². The molecule has 1 amide bonds. The molecule has 0 aliphatic carbocycles. The molecule has 0 unspecified atom stereocenters. The standard InChI is InChI=1S/C12H12BrN3O3S/c1-12(3-2-4-16(12)11(18)19)10-14-6-5-7(13)20-8(6)9(17)15-10/h5H,2-4H2,1H3,(H,18,19)(H,14,15,17)/t12-/m0/s1. The van der Waals surface area contributed by atoms with Crippen molar-refractivity contribution in [2.24, 2.45) is 0 Å². The third-order valence-electron chi connectivity index (χ3n) is 3.73. The Hall–Kier alpha value is -1.41. The number of H-pyrrole nitrogens is 1. The number of carboxylic acid groups (broad SMARTS) is 1. The van der Waals surface area contributed by atoms with E-state index in [1.807, 2.05) is 0 Å². The van der Waals surface area contributed by atoms with Gasteiger partial charge in [0.05, 0.1) is 9.30 Å². The summed E-state index contributed by atoms with van der Waals surface area (Å²) in [6, 6.07) is 1.78. The van der Waals surface area contributed by atoms with E-state index < -0.39 is 11.6 Å². The second-order valence-electron chi connectivity index (χ2n) is 4.99. The number of thiophene rings is 1. The van der Waals surface area contributed by atoms with Crippen molar-refractivity contribution in [2.75, 3.05) is 6.54 Å². The molecule has 1 fully saturated rings. The number of nitrogens with one attached hydrogen (secondary N) is 1. The first kappa shape index (κ1) is 13.6. The van der Waals surface area contributed by atoms with E-state index in [1.54, 1.807) is 13.0 Å². The van der Waals surface area contributed by atoms with Crippen molar-refractivity contribution in [3.63, 3.8) is 0 Å². The van der Waals surface area contributed by atoms with Gasteiger partial charge < -0.3 is 10.1 Å². The van der Waals surface area contributed by atoms with Gasteiger partial charge in [0.25, 0.3) is 5.56 Å². The van der Waals surface area contributed by atoms with Crippen molar-refractivity contribution in [1.29, 1.82) is 0 Å². The Labute approximate surface area is 126 Å². The normalized spacial score (nSPS) is 22.6. The number of nitrogens with zero attached hydrogens (tertiary/aromatic N) is 2. The fourth-order valence-corrected chi connectivity index (χ4v) is 4.10. The Morgan fingerprint density at radius 2 is 2.40 bits per heavy atom. The molecular weight excluding hydrogens is 346 g/mol. The van der Waals surface area contributed by atoms with Gasteiger partial charge in [0.2, 0.25) is 0 Å². The molecule has 0 spiro atoms. The summed E-state index contributed by atoms with van der Waals surface area (Å²) in [5.74, 6) is 0.417. The molecule has 1 aliphatic heterocycles. The minimum absolute atomic E-state index is 0.223. The summed E-state index contributed by atoms with van der Waals surface area (Å²) < 4.78 is 1.37. The zero-order chi connectivity index (χ0) is 14.5. The van der Waals surface area contributed by atoms with Gasteiger partial charge in [0.1, 0.15) is 16.1 Å². The summed E-state index contributed by atoms with van der Waals surface area (Å²) in [6.07, 6.45) is 0.427. The number of fused-ring (bicyclic) bond motifs is 1. The molecule has 2 aromatic rings. The first-order valence-corrected chi connectivity index (χ1v) is 7.73. The second kappa shape index (κ2) is 4.56. The highest BCUT2D eigenvalue weighted by Crippen LogP contribution is 2.37. The molecule has 2 aromatic heterocycles. The molecule has 3 rings (SSSR count). The largest absolute Gasteiger partial charge is 0.465 e. The molecule has 106 valence electrons. The monoisotopic (exact) mass is 357 g/mol.